The van der Waals surface area contributed by atoms with Gasteiger partial charge in [-0.1, -0.05) is 13.8 Å². The normalized spacial score (nSPS) is 19.0. The van der Waals surface area contributed by atoms with Crippen LogP contribution in [0.2, 0.25) is 0 Å². The first kappa shape index (κ1) is 16.1. The van der Waals surface area contributed by atoms with Gasteiger partial charge in [0.2, 0.25) is 0 Å². The number of piperidine rings is 1. The van der Waals surface area contributed by atoms with Crippen LogP contribution in [0, 0.1) is 23.5 Å². The fraction of sp³-hybridized carbons (Fsp3) is 0.588. The number of nitrogens with zero attached hydrogens (tertiary/aromatic N) is 1. The van der Waals surface area contributed by atoms with Crippen molar-refractivity contribution in [2.45, 2.75) is 39.7 Å². The second-order valence-corrected chi connectivity index (χ2v) is 6.29. The van der Waals surface area contributed by atoms with Crippen LogP contribution < -0.4 is 0 Å². The molecule has 1 atom stereocenters. The zero-order chi connectivity index (χ0) is 15.6. The Morgan fingerprint density at radius 3 is 2.29 bits per heavy atom. The van der Waals surface area contributed by atoms with Gasteiger partial charge in [0.15, 0.2) is 17.4 Å². The third-order valence-corrected chi connectivity index (χ3v) is 4.65. The van der Waals surface area contributed by atoms with E-state index in [-0.39, 0.29) is 17.4 Å². The number of likely N-dealkylation sites (tertiary alicyclic amines) is 1. The Morgan fingerprint density at radius 2 is 1.76 bits per heavy atom. The summed E-state index contributed by atoms with van der Waals surface area (Å²) in [6.07, 6.45) is 2.18. The standard InChI is InChI=1S/C17H23F2NO/c1-11(2)13-6-8-20(9-7-13)12(3)17(21)14-4-5-15(18)16(19)10-14/h4-5,10-13H,6-9H2,1-3H3. The fourth-order valence-electron chi connectivity index (χ4n) is 3.03. The topological polar surface area (TPSA) is 20.3 Å². The van der Waals surface area contributed by atoms with E-state index in [0.29, 0.717) is 11.8 Å². The second kappa shape index (κ2) is 6.65. The van der Waals surface area contributed by atoms with Crippen LogP contribution in [0.25, 0.3) is 0 Å². The molecule has 116 valence electrons. The van der Waals surface area contributed by atoms with E-state index < -0.39 is 11.6 Å². The molecule has 1 saturated heterocycles. The number of ketones is 1. The molecular weight excluding hydrogens is 272 g/mol. The van der Waals surface area contributed by atoms with Crippen LogP contribution in [0.15, 0.2) is 18.2 Å². The first-order valence-corrected chi connectivity index (χ1v) is 7.63. The van der Waals surface area contributed by atoms with Gasteiger partial charge in [-0.05, 0) is 62.9 Å². The van der Waals surface area contributed by atoms with Crippen LogP contribution in [0.3, 0.4) is 0 Å². The highest BCUT2D eigenvalue weighted by Gasteiger charge is 2.28. The largest absolute Gasteiger partial charge is 0.293 e. The predicted molar refractivity (Wildman–Crippen MR) is 79.3 cm³/mol. The summed E-state index contributed by atoms with van der Waals surface area (Å²) in [4.78, 5) is 14.5. The number of benzene rings is 1. The lowest BCUT2D eigenvalue weighted by Crippen LogP contribution is -2.44. The zero-order valence-electron chi connectivity index (χ0n) is 12.9. The maximum atomic E-state index is 13.2. The average Bonchev–Trinajstić information content (AvgIpc) is 2.48. The molecule has 21 heavy (non-hydrogen) atoms. The van der Waals surface area contributed by atoms with Crippen molar-refractivity contribution >= 4 is 5.78 Å². The van der Waals surface area contributed by atoms with E-state index in [1.165, 1.54) is 6.07 Å². The lowest BCUT2D eigenvalue weighted by Gasteiger charge is -2.36. The Kier molecular flexibility index (Phi) is 5.09. The van der Waals surface area contributed by atoms with E-state index in [1.54, 1.807) is 0 Å². The van der Waals surface area contributed by atoms with Crippen LogP contribution in [0.1, 0.15) is 44.0 Å². The maximum absolute atomic E-state index is 13.2. The van der Waals surface area contributed by atoms with Crippen molar-refractivity contribution in [3.05, 3.63) is 35.4 Å². The van der Waals surface area contributed by atoms with Gasteiger partial charge in [0.1, 0.15) is 0 Å². The summed E-state index contributed by atoms with van der Waals surface area (Å²) in [5.74, 6) is -0.642. The van der Waals surface area contributed by atoms with Gasteiger partial charge in [0.25, 0.3) is 0 Å². The first-order chi connectivity index (χ1) is 9.90. The van der Waals surface area contributed by atoms with E-state index in [9.17, 15) is 13.6 Å². The van der Waals surface area contributed by atoms with E-state index in [1.807, 2.05) is 6.92 Å². The Balaban J connectivity index is 2.01. The summed E-state index contributed by atoms with van der Waals surface area (Å²) in [6, 6.07) is 3.08. The average molecular weight is 295 g/mol. The molecule has 2 nitrogen and oxygen atoms in total. The predicted octanol–water partition coefficient (Wildman–Crippen LogP) is 3.90. The van der Waals surface area contributed by atoms with Gasteiger partial charge in [0, 0.05) is 5.56 Å². The summed E-state index contributed by atoms with van der Waals surface area (Å²) in [7, 11) is 0. The number of hydrogen-bond donors (Lipinski definition) is 0. The Hall–Kier alpha value is -1.29. The van der Waals surface area contributed by atoms with E-state index in [0.717, 1.165) is 38.1 Å². The van der Waals surface area contributed by atoms with Crippen LogP contribution in [-0.4, -0.2) is 29.8 Å². The van der Waals surface area contributed by atoms with Gasteiger partial charge >= 0.3 is 0 Å². The highest BCUT2D eigenvalue weighted by atomic mass is 19.2. The molecule has 1 heterocycles. The first-order valence-electron chi connectivity index (χ1n) is 7.63. The van der Waals surface area contributed by atoms with Gasteiger partial charge < -0.3 is 0 Å². The summed E-state index contributed by atoms with van der Waals surface area (Å²) in [5.41, 5.74) is 0.243. The van der Waals surface area contributed by atoms with Crippen LogP contribution in [-0.2, 0) is 0 Å². The van der Waals surface area contributed by atoms with E-state index in [2.05, 4.69) is 18.7 Å². The maximum Gasteiger partial charge on any atom is 0.179 e. The quantitative estimate of drug-likeness (QED) is 0.785. The SMILES string of the molecule is CC(C)C1CCN(C(C)C(=O)c2ccc(F)c(F)c2)CC1. The lowest BCUT2D eigenvalue weighted by molar-refractivity contribution is 0.0743. The molecule has 0 N–H and O–H groups in total. The minimum absolute atomic E-state index is 0.142. The van der Waals surface area contributed by atoms with Crippen LogP contribution >= 0.6 is 0 Å². The van der Waals surface area contributed by atoms with E-state index in [4.69, 9.17) is 0 Å². The smallest absolute Gasteiger partial charge is 0.179 e. The molecule has 1 aliphatic rings. The number of rotatable bonds is 4. The Bertz CT molecular complexity index is 508. The molecule has 0 aliphatic carbocycles. The van der Waals surface area contributed by atoms with Crippen molar-refractivity contribution in [1.82, 2.24) is 4.90 Å². The second-order valence-electron chi connectivity index (χ2n) is 6.29. The highest BCUT2D eigenvalue weighted by Crippen LogP contribution is 2.26. The van der Waals surface area contributed by atoms with Crippen LogP contribution in [0.5, 0.6) is 0 Å². The van der Waals surface area contributed by atoms with Gasteiger partial charge in [0.05, 0.1) is 6.04 Å². The molecular formula is C17H23F2NO. The lowest BCUT2D eigenvalue weighted by atomic mass is 9.86. The Morgan fingerprint density at radius 1 is 1.14 bits per heavy atom. The van der Waals surface area contributed by atoms with Gasteiger partial charge in [-0.15, -0.1) is 0 Å². The third kappa shape index (κ3) is 3.67. The van der Waals surface area contributed by atoms with Crippen molar-refractivity contribution < 1.29 is 13.6 Å². The number of carbonyl (C=O) groups excluding carboxylic acids is 1. The summed E-state index contributed by atoms with van der Waals surface area (Å²) >= 11 is 0. The molecule has 0 saturated carbocycles. The van der Waals surface area contributed by atoms with Crippen molar-refractivity contribution in [2.75, 3.05) is 13.1 Å². The number of halogens is 2. The number of Topliss-reactive ketones (excluding diaryl/α,β-unsaturated/α-hetero) is 1. The Labute approximate surface area is 125 Å². The summed E-state index contributed by atoms with van der Waals surface area (Å²) < 4.78 is 26.2. The molecule has 0 aromatic heterocycles. The summed E-state index contributed by atoms with van der Waals surface area (Å²) in [5, 5.41) is 0. The fourth-order valence-corrected chi connectivity index (χ4v) is 3.03. The molecule has 0 spiro atoms. The minimum atomic E-state index is -0.966. The molecule has 4 heteroatoms. The van der Waals surface area contributed by atoms with Crippen molar-refractivity contribution in [3.63, 3.8) is 0 Å². The molecule has 1 fully saturated rings. The monoisotopic (exact) mass is 295 g/mol. The highest BCUT2D eigenvalue weighted by molar-refractivity contribution is 5.99. The molecule has 1 aromatic rings. The molecule has 0 radical (unpaired) electrons. The van der Waals surface area contributed by atoms with Crippen molar-refractivity contribution in [1.29, 1.82) is 0 Å². The molecule has 0 amide bonds. The van der Waals surface area contributed by atoms with Gasteiger partial charge in [-0.3, -0.25) is 9.69 Å². The van der Waals surface area contributed by atoms with Crippen molar-refractivity contribution in [3.8, 4) is 0 Å². The van der Waals surface area contributed by atoms with Gasteiger partial charge in [-0.2, -0.15) is 0 Å². The minimum Gasteiger partial charge on any atom is -0.293 e. The molecule has 0 bridgehead atoms. The molecule has 1 aliphatic heterocycles. The molecule has 1 unspecified atom stereocenters. The summed E-state index contributed by atoms with van der Waals surface area (Å²) in [6.45, 7) is 8.09. The van der Waals surface area contributed by atoms with Crippen molar-refractivity contribution in [2.24, 2.45) is 11.8 Å². The number of hydrogen-bond acceptors (Lipinski definition) is 2. The third-order valence-electron chi connectivity index (χ3n) is 4.65. The molecule has 1 aromatic carbocycles. The van der Waals surface area contributed by atoms with E-state index >= 15 is 0 Å². The van der Waals surface area contributed by atoms with Crippen LogP contribution in [0.4, 0.5) is 8.78 Å². The van der Waals surface area contributed by atoms with Gasteiger partial charge in [-0.25, -0.2) is 8.78 Å². The zero-order valence-corrected chi connectivity index (χ0v) is 12.9. The number of carbonyl (C=O) groups is 1. The molecule has 2 rings (SSSR count).